The Balaban J connectivity index is 1.98. The van der Waals surface area contributed by atoms with Crippen LogP contribution in [0.1, 0.15) is 31.9 Å². The van der Waals surface area contributed by atoms with E-state index < -0.39 is 0 Å². The van der Waals surface area contributed by atoms with Crippen molar-refractivity contribution in [3.8, 4) is 0 Å². The molecule has 3 nitrogen and oxygen atoms in total. The highest BCUT2D eigenvalue weighted by Gasteiger charge is 2.28. The van der Waals surface area contributed by atoms with Gasteiger partial charge in [0.05, 0.1) is 12.2 Å². The zero-order chi connectivity index (χ0) is 12.3. The number of likely N-dealkylation sites (tertiary alicyclic amines) is 1. The zero-order valence-corrected chi connectivity index (χ0v) is 10.8. The molecule has 1 aliphatic heterocycles. The van der Waals surface area contributed by atoms with Gasteiger partial charge in [0.15, 0.2) is 0 Å². The van der Waals surface area contributed by atoms with Crippen molar-refractivity contribution in [1.82, 2.24) is 9.88 Å². The molecule has 1 aliphatic rings. The molecule has 1 amide bonds. The highest BCUT2D eigenvalue weighted by Crippen LogP contribution is 2.23. The number of carbonyl (C=O) groups excluding carboxylic acids is 1. The van der Waals surface area contributed by atoms with E-state index in [1.807, 2.05) is 17.0 Å². The number of pyridine rings is 1. The second-order valence-corrected chi connectivity index (χ2v) is 4.97. The summed E-state index contributed by atoms with van der Waals surface area (Å²) >= 11 is 5.83. The maximum atomic E-state index is 11.8. The Hall–Kier alpha value is -1.09. The van der Waals surface area contributed by atoms with Gasteiger partial charge in [-0.3, -0.25) is 4.79 Å². The molecule has 0 spiro atoms. The van der Waals surface area contributed by atoms with E-state index in [1.165, 1.54) is 0 Å². The summed E-state index contributed by atoms with van der Waals surface area (Å²) in [5, 5.41) is 0.485. The van der Waals surface area contributed by atoms with Gasteiger partial charge >= 0.3 is 0 Å². The lowest BCUT2D eigenvalue weighted by molar-refractivity contribution is -0.128. The highest BCUT2D eigenvalue weighted by molar-refractivity contribution is 6.29. The van der Waals surface area contributed by atoms with Crippen molar-refractivity contribution < 1.29 is 4.79 Å². The minimum absolute atomic E-state index is 0.241. The summed E-state index contributed by atoms with van der Waals surface area (Å²) in [6.45, 7) is 3.60. The Morgan fingerprint density at radius 2 is 2.35 bits per heavy atom. The first-order valence-electron chi connectivity index (χ1n) is 6.08. The van der Waals surface area contributed by atoms with Crippen LogP contribution in [0.3, 0.4) is 0 Å². The number of nitrogens with zero attached hydrogens (tertiary/aromatic N) is 2. The van der Waals surface area contributed by atoms with Crippen molar-refractivity contribution >= 4 is 17.5 Å². The predicted octanol–water partition coefficient (Wildman–Crippen LogP) is 2.88. The maximum Gasteiger partial charge on any atom is 0.223 e. The Morgan fingerprint density at radius 3 is 3.06 bits per heavy atom. The number of hydrogen-bond acceptors (Lipinski definition) is 2. The Bertz CT molecular complexity index is 408. The molecule has 0 radical (unpaired) electrons. The Morgan fingerprint density at radius 1 is 1.53 bits per heavy atom. The molecular weight excluding hydrogens is 236 g/mol. The second-order valence-electron chi connectivity index (χ2n) is 4.58. The minimum atomic E-state index is 0.241. The smallest absolute Gasteiger partial charge is 0.223 e. The van der Waals surface area contributed by atoms with Gasteiger partial charge in [0, 0.05) is 13.0 Å². The SMILES string of the molecule is CCCC1CC(=O)N(Cc2cccc(Cl)n2)C1. The predicted molar refractivity (Wildman–Crippen MR) is 67.7 cm³/mol. The van der Waals surface area contributed by atoms with Crippen molar-refractivity contribution in [2.45, 2.75) is 32.7 Å². The van der Waals surface area contributed by atoms with Gasteiger partial charge in [-0.1, -0.05) is 31.0 Å². The normalized spacial score (nSPS) is 20.0. The van der Waals surface area contributed by atoms with Crippen LogP contribution in [0.25, 0.3) is 0 Å². The second kappa shape index (κ2) is 5.50. The van der Waals surface area contributed by atoms with Crippen molar-refractivity contribution in [2.24, 2.45) is 5.92 Å². The van der Waals surface area contributed by atoms with Crippen LogP contribution in [0.2, 0.25) is 5.15 Å². The van der Waals surface area contributed by atoms with Crippen LogP contribution >= 0.6 is 11.6 Å². The number of hydrogen-bond donors (Lipinski definition) is 0. The fraction of sp³-hybridized carbons (Fsp3) is 0.538. The third kappa shape index (κ3) is 3.19. The summed E-state index contributed by atoms with van der Waals surface area (Å²) in [4.78, 5) is 17.9. The largest absolute Gasteiger partial charge is 0.336 e. The maximum absolute atomic E-state index is 11.8. The number of halogens is 1. The zero-order valence-electron chi connectivity index (χ0n) is 10.0. The number of rotatable bonds is 4. The van der Waals surface area contributed by atoms with Crippen molar-refractivity contribution in [2.75, 3.05) is 6.54 Å². The quantitative estimate of drug-likeness (QED) is 0.772. The van der Waals surface area contributed by atoms with Crippen molar-refractivity contribution in [3.05, 3.63) is 29.0 Å². The third-order valence-corrected chi connectivity index (χ3v) is 3.33. The molecule has 0 saturated carbocycles. The fourth-order valence-electron chi connectivity index (χ4n) is 2.34. The first kappa shape index (κ1) is 12.4. The number of aromatic nitrogens is 1. The van der Waals surface area contributed by atoms with Gasteiger partial charge in [0.1, 0.15) is 5.15 Å². The van der Waals surface area contributed by atoms with Gasteiger partial charge in [0.2, 0.25) is 5.91 Å². The van der Waals surface area contributed by atoms with Crippen LogP contribution in [0.15, 0.2) is 18.2 Å². The molecule has 1 aromatic rings. The molecule has 0 aromatic carbocycles. The molecule has 17 heavy (non-hydrogen) atoms. The Kier molecular flexibility index (Phi) is 4.00. The molecule has 92 valence electrons. The monoisotopic (exact) mass is 252 g/mol. The number of carbonyl (C=O) groups is 1. The van der Waals surface area contributed by atoms with Crippen LogP contribution in [0, 0.1) is 5.92 Å². The van der Waals surface area contributed by atoms with Gasteiger partial charge in [0.25, 0.3) is 0 Å². The van der Waals surface area contributed by atoms with Gasteiger partial charge in [-0.2, -0.15) is 0 Å². The Labute approximate surface area is 107 Å². The van der Waals surface area contributed by atoms with Gasteiger partial charge in [-0.15, -0.1) is 0 Å². The fourth-order valence-corrected chi connectivity index (χ4v) is 2.52. The van der Waals surface area contributed by atoms with Crippen LogP contribution in [0.4, 0.5) is 0 Å². The van der Waals surface area contributed by atoms with Crippen LogP contribution in [-0.2, 0) is 11.3 Å². The molecule has 2 heterocycles. The van der Waals surface area contributed by atoms with E-state index in [1.54, 1.807) is 6.07 Å². The first-order valence-corrected chi connectivity index (χ1v) is 6.46. The molecule has 1 aromatic heterocycles. The van der Waals surface area contributed by atoms with E-state index in [2.05, 4.69) is 11.9 Å². The van der Waals surface area contributed by atoms with E-state index in [-0.39, 0.29) is 5.91 Å². The van der Waals surface area contributed by atoms with Crippen LogP contribution in [0.5, 0.6) is 0 Å². The van der Waals surface area contributed by atoms with Gasteiger partial charge in [-0.25, -0.2) is 4.98 Å². The van der Waals surface area contributed by atoms with Crippen LogP contribution < -0.4 is 0 Å². The molecule has 0 bridgehead atoms. The molecule has 1 atom stereocenters. The lowest BCUT2D eigenvalue weighted by Crippen LogP contribution is -2.25. The summed E-state index contributed by atoms with van der Waals surface area (Å²) in [6.07, 6.45) is 2.96. The molecule has 0 N–H and O–H groups in total. The first-order chi connectivity index (χ1) is 8.19. The average molecular weight is 253 g/mol. The molecule has 4 heteroatoms. The molecule has 0 aliphatic carbocycles. The highest BCUT2D eigenvalue weighted by atomic mass is 35.5. The number of amides is 1. The summed E-state index contributed by atoms with van der Waals surface area (Å²) in [7, 11) is 0. The van der Waals surface area contributed by atoms with E-state index in [4.69, 9.17) is 11.6 Å². The van der Waals surface area contributed by atoms with Gasteiger partial charge < -0.3 is 4.90 Å². The third-order valence-electron chi connectivity index (χ3n) is 3.12. The van der Waals surface area contributed by atoms with E-state index in [9.17, 15) is 4.79 Å². The molecule has 1 unspecified atom stereocenters. The molecular formula is C13H17ClN2O. The lowest BCUT2D eigenvalue weighted by Gasteiger charge is -2.16. The lowest BCUT2D eigenvalue weighted by atomic mass is 10.0. The topological polar surface area (TPSA) is 33.2 Å². The summed E-state index contributed by atoms with van der Waals surface area (Å²) < 4.78 is 0. The minimum Gasteiger partial charge on any atom is -0.336 e. The molecule has 1 saturated heterocycles. The van der Waals surface area contributed by atoms with E-state index in [0.29, 0.717) is 24.0 Å². The summed E-state index contributed by atoms with van der Waals surface area (Å²) in [6, 6.07) is 5.53. The average Bonchev–Trinajstić information content (AvgIpc) is 2.60. The standard InChI is InChI=1S/C13H17ClN2O/c1-2-4-10-7-13(17)16(8-10)9-11-5-3-6-12(14)15-11/h3,5-6,10H,2,4,7-9H2,1H3. The van der Waals surface area contributed by atoms with Gasteiger partial charge in [-0.05, 0) is 24.5 Å². The molecule has 2 rings (SSSR count). The summed E-state index contributed by atoms with van der Waals surface area (Å²) in [5.74, 6) is 0.761. The van der Waals surface area contributed by atoms with Crippen LogP contribution in [-0.4, -0.2) is 22.3 Å². The van der Waals surface area contributed by atoms with E-state index >= 15 is 0 Å². The van der Waals surface area contributed by atoms with Crippen molar-refractivity contribution in [3.63, 3.8) is 0 Å². The van der Waals surface area contributed by atoms with E-state index in [0.717, 1.165) is 25.1 Å². The molecule has 1 fully saturated rings. The van der Waals surface area contributed by atoms with Crippen molar-refractivity contribution in [1.29, 1.82) is 0 Å². The summed E-state index contributed by atoms with van der Waals surface area (Å²) in [5.41, 5.74) is 0.864.